The van der Waals surface area contributed by atoms with Gasteiger partial charge in [-0.25, -0.2) is 4.39 Å². The molecule has 5 nitrogen and oxygen atoms in total. The third-order valence-corrected chi connectivity index (χ3v) is 3.75. The second-order valence-corrected chi connectivity index (χ2v) is 5.43. The monoisotopic (exact) mass is 432 g/mol. The quantitative estimate of drug-likeness (QED) is 0.451. The van der Waals surface area contributed by atoms with Gasteiger partial charge in [-0.1, -0.05) is 6.07 Å². The lowest BCUT2D eigenvalue weighted by Crippen LogP contribution is -2.41. The topological polar surface area (TPSA) is 60.7 Å². The van der Waals surface area contributed by atoms with E-state index in [4.69, 9.17) is 10.00 Å². The predicted molar refractivity (Wildman–Crippen MR) is 98.3 cm³/mol. The molecule has 1 atom stereocenters. The minimum absolute atomic E-state index is 0. The van der Waals surface area contributed by atoms with Crippen LogP contribution in [0.4, 0.5) is 4.39 Å². The molecule has 0 bridgehead atoms. The first-order valence-corrected chi connectivity index (χ1v) is 7.32. The number of nitriles is 1. The average Bonchev–Trinajstić information content (AvgIpc) is 3.02. The average molecular weight is 432 g/mol. The van der Waals surface area contributed by atoms with Crippen molar-refractivity contribution in [1.82, 2.24) is 10.2 Å². The molecule has 1 heterocycles. The molecule has 0 amide bonds. The molecular weight excluding hydrogens is 410 g/mol. The smallest absolute Gasteiger partial charge is 0.193 e. The van der Waals surface area contributed by atoms with Crippen molar-refractivity contribution in [3.05, 3.63) is 35.1 Å². The summed E-state index contributed by atoms with van der Waals surface area (Å²) in [6, 6.07) is 6.41. The van der Waals surface area contributed by atoms with Crippen molar-refractivity contribution < 1.29 is 9.13 Å². The Labute approximate surface area is 153 Å². The van der Waals surface area contributed by atoms with Crippen LogP contribution in [0.5, 0.6) is 0 Å². The van der Waals surface area contributed by atoms with E-state index in [1.807, 2.05) is 18.0 Å². The zero-order valence-electron chi connectivity index (χ0n) is 13.4. The van der Waals surface area contributed by atoms with Crippen molar-refractivity contribution in [3.8, 4) is 6.07 Å². The number of halogens is 2. The van der Waals surface area contributed by atoms with E-state index in [1.165, 1.54) is 6.07 Å². The Balaban J connectivity index is 0.00000264. The summed E-state index contributed by atoms with van der Waals surface area (Å²) in [6.07, 6.45) is 1.06. The summed E-state index contributed by atoms with van der Waals surface area (Å²) in [4.78, 5) is 6.25. The molecule has 0 radical (unpaired) electrons. The first kappa shape index (κ1) is 19.6. The van der Waals surface area contributed by atoms with Crippen LogP contribution in [0.25, 0.3) is 0 Å². The van der Waals surface area contributed by atoms with Gasteiger partial charge in [-0.15, -0.1) is 24.0 Å². The molecule has 1 unspecified atom stereocenters. The van der Waals surface area contributed by atoms with Crippen molar-refractivity contribution in [1.29, 1.82) is 5.26 Å². The highest BCUT2D eigenvalue weighted by Gasteiger charge is 2.19. The van der Waals surface area contributed by atoms with E-state index in [9.17, 15) is 4.39 Å². The fraction of sp³-hybridized carbons (Fsp3) is 0.500. The number of aliphatic imine (C=N–C) groups is 1. The van der Waals surface area contributed by atoms with Gasteiger partial charge >= 0.3 is 0 Å². The maximum Gasteiger partial charge on any atom is 0.193 e. The number of rotatable bonds is 4. The van der Waals surface area contributed by atoms with Crippen molar-refractivity contribution in [2.75, 3.05) is 33.9 Å². The van der Waals surface area contributed by atoms with Gasteiger partial charge in [0.25, 0.3) is 0 Å². The van der Waals surface area contributed by atoms with E-state index < -0.39 is 0 Å². The van der Waals surface area contributed by atoms with Crippen LogP contribution in [0.15, 0.2) is 23.2 Å². The second-order valence-electron chi connectivity index (χ2n) is 5.43. The zero-order chi connectivity index (χ0) is 15.9. The molecular formula is C16H22FIN4O. The van der Waals surface area contributed by atoms with Gasteiger partial charge in [0.1, 0.15) is 5.82 Å². The van der Waals surface area contributed by atoms with Crippen LogP contribution in [0.2, 0.25) is 0 Å². The summed E-state index contributed by atoms with van der Waals surface area (Å²) in [5, 5.41) is 11.9. The molecule has 1 aromatic rings. The Morgan fingerprint density at radius 3 is 2.91 bits per heavy atom. The summed E-state index contributed by atoms with van der Waals surface area (Å²) in [6.45, 7) is 2.79. The summed E-state index contributed by atoms with van der Waals surface area (Å²) >= 11 is 0. The van der Waals surface area contributed by atoms with Crippen LogP contribution in [0, 0.1) is 23.1 Å². The molecule has 7 heteroatoms. The molecule has 0 aromatic heterocycles. The molecule has 0 saturated carbocycles. The zero-order valence-corrected chi connectivity index (χ0v) is 15.7. The summed E-state index contributed by atoms with van der Waals surface area (Å²) < 4.78 is 19.2. The molecule has 0 aliphatic carbocycles. The Morgan fingerprint density at radius 2 is 2.35 bits per heavy atom. The van der Waals surface area contributed by atoms with E-state index in [0.29, 0.717) is 23.6 Å². The van der Waals surface area contributed by atoms with Crippen LogP contribution in [-0.4, -0.2) is 44.7 Å². The van der Waals surface area contributed by atoms with Gasteiger partial charge < -0.3 is 15.0 Å². The number of hydrogen-bond donors (Lipinski definition) is 1. The predicted octanol–water partition coefficient (Wildman–Crippen LogP) is 2.36. The summed E-state index contributed by atoms with van der Waals surface area (Å²) in [5.74, 6) is 0.847. The fourth-order valence-corrected chi connectivity index (χ4v) is 2.52. The van der Waals surface area contributed by atoms with E-state index in [2.05, 4.69) is 10.3 Å². The van der Waals surface area contributed by atoms with Gasteiger partial charge in [-0.05, 0) is 18.6 Å². The van der Waals surface area contributed by atoms with E-state index in [0.717, 1.165) is 32.1 Å². The van der Waals surface area contributed by atoms with Crippen LogP contribution in [-0.2, 0) is 11.3 Å². The number of guanidine groups is 1. The fourth-order valence-electron chi connectivity index (χ4n) is 2.52. The van der Waals surface area contributed by atoms with Crippen LogP contribution < -0.4 is 5.32 Å². The maximum absolute atomic E-state index is 13.9. The Bertz CT molecular complexity index is 582. The number of nitrogens with one attached hydrogen (secondary N) is 1. The molecule has 1 aromatic carbocycles. The highest BCUT2D eigenvalue weighted by atomic mass is 127. The minimum Gasteiger partial charge on any atom is -0.381 e. The standard InChI is InChI=1S/C16H21FN4O.HI/c1-19-16(21(2)10-13-5-6-22-11-13)20-9-14-4-3-12(8-18)7-15(14)17;/h3-4,7,13H,5-6,9-11H2,1-2H3,(H,19,20);1H. The minimum atomic E-state index is -0.381. The number of nitrogens with zero attached hydrogens (tertiary/aromatic N) is 3. The van der Waals surface area contributed by atoms with Crippen LogP contribution in [0.3, 0.4) is 0 Å². The lowest BCUT2D eigenvalue weighted by Gasteiger charge is -2.24. The highest BCUT2D eigenvalue weighted by molar-refractivity contribution is 14.0. The molecule has 1 N–H and O–H groups in total. The Kier molecular flexibility index (Phi) is 8.26. The molecule has 1 fully saturated rings. The lowest BCUT2D eigenvalue weighted by atomic mass is 10.1. The van der Waals surface area contributed by atoms with E-state index >= 15 is 0 Å². The summed E-state index contributed by atoms with van der Waals surface area (Å²) in [7, 11) is 3.67. The second kappa shape index (κ2) is 9.67. The van der Waals surface area contributed by atoms with Gasteiger partial charge in [0.2, 0.25) is 0 Å². The molecule has 2 rings (SSSR count). The number of benzene rings is 1. The normalized spacial score (nSPS) is 17.3. The van der Waals surface area contributed by atoms with Gasteiger partial charge in [0, 0.05) is 45.3 Å². The molecule has 1 aliphatic rings. The third kappa shape index (κ3) is 5.62. The van der Waals surface area contributed by atoms with Crippen LogP contribution in [0.1, 0.15) is 17.5 Å². The summed E-state index contributed by atoms with van der Waals surface area (Å²) in [5.41, 5.74) is 0.835. The van der Waals surface area contributed by atoms with E-state index in [1.54, 1.807) is 19.2 Å². The van der Waals surface area contributed by atoms with Gasteiger partial charge in [0.15, 0.2) is 5.96 Å². The van der Waals surface area contributed by atoms with Crippen molar-refractivity contribution >= 4 is 29.9 Å². The van der Waals surface area contributed by atoms with E-state index in [-0.39, 0.29) is 29.8 Å². The largest absolute Gasteiger partial charge is 0.381 e. The Hall–Kier alpha value is -1.40. The lowest BCUT2D eigenvalue weighted by molar-refractivity contribution is 0.181. The van der Waals surface area contributed by atoms with Crippen LogP contribution >= 0.6 is 24.0 Å². The van der Waals surface area contributed by atoms with Crippen molar-refractivity contribution in [3.63, 3.8) is 0 Å². The molecule has 1 aliphatic heterocycles. The molecule has 1 saturated heterocycles. The molecule has 126 valence electrons. The van der Waals surface area contributed by atoms with Gasteiger partial charge in [-0.3, -0.25) is 4.99 Å². The van der Waals surface area contributed by atoms with Gasteiger partial charge in [0.05, 0.1) is 18.2 Å². The first-order valence-electron chi connectivity index (χ1n) is 7.32. The number of ether oxygens (including phenoxy) is 1. The maximum atomic E-state index is 13.9. The van der Waals surface area contributed by atoms with Crippen molar-refractivity contribution in [2.24, 2.45) is 10.9 Å². The Morgan fingerprint density at radius 1 is 1.57 bits per heavy atom. The van der Waals surface area contributed by atoms with Gasteiger partial charge in [-0.2, -0.15) is 5.26 Å². The first-order chi connectivity index (χ1) is 10.6. The molecule has 23 heavy (non-hydrogen) atoms. The van der Waals surface area contributed by atoms with Crippen molar-refractivity contribution in [2.45, 2.75) is 13.0 Å². The SMILES string of the molecule is CN=C(NCc1ccc(C#N)cc1F)N(C)CC1CCOC1.I. The third-order valence-electron chi connectivity index (χ3n) is 3.75. The molecule has 0 spiro atoms. The highest BCUT2D eigenvalue weighted by Crippen LogP contribution is 2.13. The number of hydrogen-bond acceptors (Lipinski definition) is 3.